The Morgan fingerprint density at radius 2 is 2.35 bits per heavy atom. The van der Waals surface area contributed by atoms with E-state index in [2.05, 4.69) is 11.9 Å². The molecule has 1 aliphatic heterocycles. The Bertz CT molecular complexity index is 302. The maximum atomic E-state index is 11.5. The van der Waals surface area contributed by atoms with Crippen LogP contribution in [0.1, 0.15) is 19.8 Å². The predicted molar refractivity (Wildman–Crippen MR) is 64.5 cm³/mol. The summed E-state index contributed by atoms with van der Waals surface area (Å²) < 4.78 is 5.24. The second-order valence-corrected chi connectivity index (χ2v) is 4.28. The van der Waals surface area contributed by atoms with Crippen molar-refractivity contribution in [1.29, 1.82) is 0 Å². The molecule has 0 spiro atoms. The summed E-state index contributed by atoms with van der Waals surface area (Å²) in [4.78, 5) is 24.3. The highest BCUT2D eigenvalue weighted by Gasteiger charge is 2.21. The van der Waals surface area contributed by atoms with Crippen molar-refractivity contribution in [1.82, 2.24) is 10.2 Å². The van der Waals surface area contributed by atoms with Crippen molar-refractivity contribution in [2.75, 3.05) is 32.8 Å². The van der Waals surface area contributed by atoms with E-state index in [1.165, 1.54) is 0 Å². The molecule has 1 rings (SSSR count). The van der Waals surface area contributed by atoms with Crippen molar-refractivity contribution in [2.24, 2.45) is 0 Å². The Morgan fingerprint density at radius 3 is 2.94 bits per heavy atom. The normalized spacial score (nSPS) is 15.1. The van der Waals surface area contributed by atoms with Crippen molar-refractivity contribution >= 4 is 11.8 Å². The van der Waals surface area contributed by atoms with Crippen LogP contribution in [0.5, 0.6) is 0 Å². The van der Waals surface area contributed by atoms with Crippen molar-refractivity contribution in [3.05, 3.63) is 12.2 Å². The van der Waals surface area contributed by atoms with Gasteiger partial charge in [-0.3, -0.25) is 9.59 Å². The largest absolute Gasteiger partial charge is 0.375 e. The minimum atomic E-state index is -0.126. The summed E-state index contributed by atoms with van der Waals surface area (Å²) in [5.74, 6) is -0.0575. The lowest BCUT2D eigenvalue weighted by atomic mass is 10.4. The van der Waals surface area contributed by atoms with E-state index in [1.54, 1.807) is 4.90 Å². The van der Waals surface area contributed by atoms with Crippen LogP contribution in [0, 0.1) is 0 Å². The van der Waals surface area contributed by atoms with Crippen LogP contribution >= 0.6 is 0 Å². The molecule has 5 heteroatoms. The fraction of sp³-hybridized carbons (Fsp3) is 0.667. The third-order valence-corrected chi connectivity index (χ3v) is 2.42. The quantitative estimate of drug-likeness (QED) is 0.515. The van der Waals surface area contributed by atoms with Gasteiger partial charge in [-0.1, -0.05) is 12.2 Å². The number of carbonyl (C=O) groups excluding carboxylic acids is 2. The number of carbonyl (C=O) groups is 2. The average molecular weight is 240 g/mol. The zero-order valence-corrected chi connectivity index (χ0v) is 10.3. The number of hydrogen-bond donors (Lipinski definition) is 1. The van der Waals surface area contributed by atoms with Crippen LogP contribution < -0.4 is 5.32 Å². The topological polar surface area (TPSA) is 58.6 Å². The highest BCUT2D eigenvalue weighted by molar-refractivity contribution is 5.85. The summed E-state index contributed by atoms with van der Waals surface area (Å²) in [6, 6.07) is 0. The fourth-order valence-electron chi connectivity index (χ4n) is 1.61. The molecule has 1 heterocycles. The molecule has 2 amide bonds. The van der Waals surface area contributed by atoms with Crippen molar-refractivity contribution < 1.29 is 14.3 Å². The smallest absolute Gasteiger partial charge is 0.239 e. The van der Waals surface area contributed by atoms with Gasteiger partial charge in [0, 0.05) is 19.5 Å². The van der Waals surface area contributed by atoms with Crippen LogP contribution in [-0.2, 0) is 14.3 Å². The lowest BCUT2D eigenvalue weighted by molar-refractivity contribution is -0.133. The third kappa shape index (κ3) is 5.49. The molecule has 0 saturated carbocycles. The minimum absolute atomic E-state index is 0.0682. The first-order valence-corrected chi connectivity index (χ1v) is 5.86. The zero-order chi connectivity index (χ0) is 12.7. The van der Waals surface area contributed by atoms with Crippen LogP contribution in [0.25, 0.3) is 0 Å². The highest BCUT2D eigenvalue weighted by atomic mass is 16.5. The first-order valence-electron chi connectivity index (χ1n) is 5.86. The summed E-state index contributed by atoms with van der Waals surface area (Å²) in [6.45, 7) is 7.90. The SMILES string of the molecule is C=C(C)COCCNC(=O)CN1CCCC1=O. The fourth-order valence-corrected chi connectivity index (χ4v) is 1.61. The third-order valence-electron chi connectivity index (χ3n) is 2.42. The summed E-state index contributed by atoms with van der Waals surface area (Å²) >= 11 is 0. The summed E-state index contributed by atoms with van der Waals surface area (Å²) in [7, 11) is 0. The van der Waals surface area contributed by atoms with E-state index in [9.17, 15) is 9.59 Å². The van der Waals surface area contributed by atoms with E-state index in [4.69, 9.17) is 4.74 Å². The van der Waals surface area contributed by atoms with E-state index in [1.807, 2.05) is 6.92 Å². The lowest BCUT2D eigenvalue weighted by Crippen LogP contribution is -2.39. The molecule has 1 saturated heterocycles. The molecular formula is C12H20N2O3. The number of nitrogens with one attached hydrogen (secondary N) is 1. The second-order valence-electron chi connectivity index (χ2n) is 4.28. The van der Waals surface area contributed by atoms with Crippen molar-refractivity contribution in [3.8, 4) is 0 Å². The van der Waals surface area contributed by atoms with Gasteiger partial charge in [0.05, 0.1) is 19.8 Å². The molecule has 96 valence electrons. The molecule has 0 radical (unpaired) electrons. The molecular weight excluding hydrogens is 220 g/mol. The molecule has 0 aliphatic carbocycles. The van der Waals surface area contributed by atoms with Gasteiger partial charge in [-0.25, -0.2) is 0 Å². The van der Waals surface area contributed by atoms with Gasteiger partial charge >= 0.3 is 0 Å². The lowest BCUT2D eigenvalue weighted by Gasteiger charge is -2.14. The standard InChI is InChI=1S/C12H20N2O3/c1-10(2)9-17-7-5-13-11(15)8-14-6-3-4-12(14)16/h1,3-9H2,2H3,(H,13,15). The Morgan fingerprint density at radius 1 is 1.59 bits per heavy atom. The maximum Gasteiger partial charge on any atom is 0.239 e. The maximum absolute atomic E-state index is 11.5. The Balaban J connectivity index is 2.05. The average Bonchev–Trinajstić information content (AvgIpc) is 2.63. The number of hydrogen-bond acceptors (Lipinski definition) is 3. The molecule has 0 bridgehead atoms. The molecule has 1 fully saturated rings. The molecule has 0 aromatic heterocycles. The summed E-state index contributed by atoms with van der Waals surface area (Å²) in [6.07, 6.45) is 1.42. The molecule has 1 N–H and O–H groups in total. The van der Waals surface area contributed by atoms with Gasteiger partial charge in [0.1, 0.15) is 0 Å². The van der Waals surface area contributed by atoms with E-state index >= 15 is 0 Å². The number of rotatable bonds is 7. The molecule has 5 nitrogen and oxygen atoms in total. The Kier molecular flexibility index (Phi) is 5.69. The predicted octanol–water partition coefficient (Wildman–Crippen LogP) is 0.318. The van der Waals surface area contributed by atoms with Crippen LogP contribution in [0.4, 0.5) is 0 Å². The van der Waals surface area contributed by atoms with Gasteiger partial charge in [0.25, 0.3) is 0 Å². The summed E-state index contributed by atoms with van der Waals surface area (Å²) in [5.41, 5.74) is 0.957. The monoisotopic (exact) mass is 240 g/mol. The van der Waals surface area contributed by atoms with Crippen molar-refractivity contribution in [3.63, 3.8) is 0 Å². The minimum Gasteiger partial charge on any atom is -0.375 e. The molecule has 0 unspecified atom stereocenters. The van der Waals surface area contributed by atoms with Gasteiger partial charge < -0.3 is 15.0 Å². The van der Waals surface area contributed by atoms with Gasteiger partial charge in [0.15, 0.2) is 0 Å². The van der Waals surface area contributed by atoms with Crippen molar-refractivity contribution in [2.45, 2.75) is 19.8 Å². The van der Waals surface area contributed by atoms with Gasteiger partial charge in [-0.15, -0.1) is 0 Å². The highest BCUT2D eigenvalue weighted by Crippen LogP contribution is 2.08. The first-order chi connectivity index (χ1) is 8.09. The summed E-state index contributed by atoms with van der Waals surface area (Å²) in [5, 5.41) is 2.72. The number of amides is 2. The van der Waals surface area contributed by atoms with E-state index in [0.29, 0.717) is 32.7 Å². The number of likely N-dealkylation sites (tertiary alicyclic amines) is 1. The molecule has 0 aromatic rings. The van der Waals surface area contributed by atoms with Crippen LogP contribution in [0.3, 0.4) is 0 Å². The van der Waals surface area contributed by atoms with Crippen LogP contribution in [-0.4, -0.2) is 49.6 Å². The first kappa shape index (κ1) is 13.7. The molecule has 0 atom stereocenters. The van der Waals surface area contributed by atoms with Crippen LogP contribution in [0.15, 0.2) is 12.2 Å². The second kappa shape index (κ2) is 7.06. The van der Waals surface area contributed by atoms with Gasteiger partial charge in [-0.2, -0.15) is 0 Å². The van der Waals surface area contributed by atoms with E-state index < -0.39 is 0 Å². The zero-order valence-electron chi connectivity index (χ0n) is 10.3. The molecule has 17 heavy (non-hydrogen) atoms. The van der Waals surface area contributed by atoms with E-state index in [0.717, 1.165) is 12.0 Å². The number of nitrogens with zero attached hydrogens (tertiary/aromatic N) is 1. The molecule has 0 aromatic carbocycles. The van der Waals surface area contributed by atoms with Gasteiger partial charge in [0.2, 0.25) is 11.8 Å². The van der Waals surface area contributed by atoms with E-state index in [-0.39, 0.29) is 18.4 Å². The Hall–Kier alpha value is -1.36. The van der Waals surface area contributed by atoms with Crippen LogP contribution in [0.2, 0.25) is 0 Å². The molecule has 1 aliphatic rings. The van der Waals surface area contributed by atoms with Gasteiger partial charge in [-0.05, 0) is 13.3 Å². The Labute approximate surface area is 102 Å². The number of ether oxygens (including phenoxy) is 1.